The first kappa shape index (κ1) is 16.0. The lowest BCUT2D eigenvalue weighted by Gasteiger charge is -2.32. The SMILES string of the molecule is CC1(C)CCc2cc(Cc3nn4c(-c5cccs5)nnc4s3)ccc2O1. The minimum atomic E-state index is -0.0691. The zero-order valence-electron chi connectivity index (χ0n) is 14.6. The molecule has 0 saturated heterocycles. The molecule has 0 bridgehead atoms. The summed E-state index contributed by atoms with van der Waals surface area (Å²) in [5.41, 5.74) is 2.49. The van der Waals surface area contributed by atoms with E-state index in [2.05, 4.69) is 42.2 Å². The zero-order chi connectivity index (χ0) is 17.7. The maximum atomic E-state index is 6.08. The summed E-state index contributed by atoms with van der Waals surface area (Å²) in [6.45, 7) is 4.29. The van der Waals surface area contributed by atoms with Crippen molar-refractivity contribution in [2.75, 3.05) is 0 Å². The molecule has 4 aromatic rings. The van der Waals surface area contributed by atoms with Gasteiger partial charge in [-0.25, -0.2) is 0 Å². The summed E-state index contributed by atoms with van der Waals surface area (Å²) in [5.74, 6) is 1.83. The van der Waals surface area contributed by atoms with E-state index in [0.29, 0.717) is 0 Å². The molecule has 5 nitrogen and oxygen atoms in total. The summed E-state index contributed by atoms with van der Waals surface area (Å²) < 4.78 is 7.94. The van der Waals surface area contributed by atoms with Crippen LogP contribution < -0.4 is 4.74 Å². The molecule has 3 aromatic heterocycles. The van der Waals surface area contributed by atoms with Crippen molar-refractivity contribution in [3.63, 3.8) is 0 Å². The van der Waals surface area contributed by atoms with E-state index >= 15 is 0 Å². The van der Waals surface area contributed by atoms with Gasteiger partial charge in [-0.15, -0.1) is 21.5 Å². The molecule has 1 aliphatic rings. The molecule has 0 amide bonds. The van der Waals surface area contributed by atoms with Crippen LogP contribution in [-0.4, -0.2) is 25.4 Å². The van der Waals surface area contributed by atoms with Crippen molar-refractivity contribution in [2.45, 2.75) is 38.7 Å². The Morgan fingerprint density at radius 1 is 1.23 bits per heavy atom. The Balaban J connectivity index is 1.43. The highest BCUT2D eigenvalue weighted by molar-refractivity contribution is 7.16. The molecule has 0 radical (unpaired) electrons. The summed E-state index contributed by atoms with van der Waals surface area (Å²) in [5, 5.41) is 16.4. The smallest absolute Gasteiger partial charge is 0.235 e. The molecule has 0 unspecified atom stereocenters. The molecule has 0 aliphatic carbocycles. The fraction of sp³-hybridized carbons (Fsp3) is 0.316. The molecule has 7 heteroatoms. The summed E-state index contributed by atoms with van der Waals surface area (Å²) >= 11 is 3.25. The van der Waals surface area contributed by atoms with E-state index < -0.39 is 0 Å². The van der Waals surface area contributed by atoms with Crippen LogP contribution in [0, 0.1) is 0 Å². The normalized spacial score (nSPS) is 15.8. The standard InChI is InChI=1S/C19H18N4OS2/c1-19(2)8-7-13-10-12(5-6-14(13)24-19)11-16-22-23-17(15-4-3-9-25-15)20-21-18(23)26-16/h3-6,9-10H,7-8,11H2,1-2H3. The highest BCUT2D eigenvalue weighted by atomic mass is 32.1. The predicted molar refractivity (Wildman–Crippen MR) is 104 cm³/mol. The molecule has 1 aliphatic heterocycles. The van der Waals surface area contributed by atoms with Crippen molar-refractivity contribution in [3.05, 3.63) is 51.8 Å². The van der Waals surface area contributed by atoms with Gasteiger partial charge in [0.1, 0.15) is 16.4 Å². The number of rotatable bonds is 3. The molecule has 0 spiro atoms. The third-order valence-corrected chi connectivity index (χ3v) is 6.40. The second-order valence-corrected chi connectivity index (χ2v) is 9.16. The van der Waals surface area contributed by atoms with Gasteiger partial charge in [0.15, 0.2) is 5.82 Å². The lowest BCUT2D eigenvalue weighted by atomic mass is 9.93. The first-order chi connectivity index (χ1) is 12.6. The molecule has 26 heavy (non-hydrogen) atoms. The van der Waals surface area contributed by atoms with Gasteiger partial charge < -0.3 is 4.74 Å². The Bertz CT molecular complexity index is 1080. The van der Waals surface area contributed by atoms with Crippen molar-refractivity contribution in [1.29, 1.82) is 0 Å². The minimum Gasteiger partial charge on any atom is -0.488 e. The van der Waals surface area contributed by atoms with E-state index in [4.69, 9.17) is 9.84 Å². The number of nitrogens with zero attached hydrogens (tertiary/aromatic N) is 4. The lowest BCUT2D eigenvalue weighted by molar-refractivity contribution is 0.0846. The van der Waals surface area contributed by atoms with Crippen LogP contribution in [0.5, 0.6) is 5.75 Å². The van der Waals surface area contributed by atoms with E-state index in [9.17, 15) is 0 Å². The molecule has 1 aromatic carbocycles. The van der Waals surface area contributed by atoms with E-state index in [0.717, 1.165) is 45.7 Å². The Kier molecular flexibility index (Phi) is 3.62. The van der Waals surface area contributed by atoms with Crippen molar-refractivity contribution >= 4 is 27.6 Å². The van der Waals surface area contributed by atoms with Crippen LogP contribution in [0.3, 0.4) is 0 Å². The number of ether oxygens (including phenoxy) is 1. The van der Waals surface area contributed by atoms with Gasteiger partial charge >= 0.3 is 0 Å². The topological polar surface area (TPSA) is 52.3 Å². The summed E-state index contributed by atoms with van der Waals surface area (Å²) in [4.78, 5) is 1.93. The summed E-state index contributed by atoms with van der Waals surface area (Å²) in [6.07, 6.45) is 2.91. The van der Waals surface area contributed by atoms with Crippen LogP contribution in [-0.2, 0) is 12.8 Å². The summed E-state index contributed by atoms with van der Waals surface area (Å²) in [7, 11) is 0. The second-order valence-electron chi connectivity index (χ2n) is 7.17. The monoisotopic (exact) mass is 382 g/mol. The maximum absolute atomic E-state index is 6.08. The number of aromatic nitrogens is 4. The van der Waals surface area contributed by atoms with Gasteiger partial charge in [0, 0.05) is 6.42 Å². The Morgan fingerprint density at radius 3 is 3.00 bits per heavy atom. The van der Waals surface area contributed by atoms with Crippen molar-refractivity contribution in [2.24, 2.45) is 0 Å². The van der Waals surface area contributed by atoms with Gasteiger partial charge in [-0.2, -0.15) is 9.61 Å². The van der Waals surface area contributed by atoms with E-state index in [1.165, 1.54) is 11.1 Å². The molecule has 0 saturated carbocycles. The molecular formula is C19H18N4OS2. The fourth-order valence-electron chi connectivity index (χ4n) is 3.28. The number of hydrogen-bond acceptors (Lipinski definition) is 6. The number of hydrogen-bond donors (Lipinski definition) is 0. The van der Waals surface area contributed by atoms with Crippen LogP contribution in [0.25, 0.3) is 15.7 Å². The quantitative estimate of drug-likeness (QED) is 0.519. The number of thiophene rings is 1. The summed E-state index contributed by atoms with van der Waals surface area (Å²) in [6, 6.07) is 10.6. The van der Waals surface area contributed by atoms with Crippen LogP contribution >= 0.6 is 22.7 Å². The molecule has 4 heterocycles. The first-order valence-corrected chi connectivity index (χ1v) is 10.3. The fourth-order valence-corrected chi connectivity index (χ4v) is 4.85. The van der Waals surface area contributed by atoms with Crippen LogP contribution in [0.2, 0.25) is 0 Å². The Hall–Kier alpha value is -2.25. The highest BCUT2D eigenvalue weighted by Crippen LogP contribution is 2.34. The number of aryl methyl sites for hydroxylation is 1. The van der Waals surface area contributed by atoms with Crippen LogP contribution in [0.4, 0.5) is 0 Å². The number of benzene rings is 1. The van der Waals surface area contributed by atoms with E-state index in [1.807, 2.05) is 22.0 Å². The van der Waals surface area contributed by atoms with Crippen molar-refractivity contribution in [3.8, 4) is 16.5 Å². The average Bonchev–Trinajstić information content (AvgIpc) is 3.31. The van der Waals surface area contributed by atoms with Crippen molar-refractivity contribution in [1.82, 2.24) is 19.8 Å². The Morgan fingerprint density at radius 2 is 2.15 bits per heavy atom. The molecule has 0 atom stereocenters. The average molecular weight is 383 g/mol. The van der Waals surface area contributed by atoms with Gasteiger partial charge in [-0.3, -0.25) is 0 Å². The van der Waals surface area contributed by atoms with Crippen molar-refractivity contribution < 1.29 is 4.74 Å². The Labute approximate surface area is 159 Å². The maximum Gasteiger partial charge on any atom is 0.235 e. The van der Waals surface area contributed by atoms with Gasteiger partial charge in [0.2, 0.25) is 4.96 Å². The molecular weight excluding hydrogens is 364 g/mol. The van der Waals surface area contributed by atoms with Gasteiger partial charge in [0.25, 0.3) is 0 Å². The van der Waals surface area contributed by atoms with Crippen LogP contribution in [0.1, 0.15) is 36.4 Å². The lowest BCUT2D eigenvalue weighted by Crippen LogP contribution is -2.32. The minimum absolute atomic E-state index is 0.0691. The molecule has 132 valence electrons. The highest BCUT2D eigenvalue weighted by Gasteiger charge is 2.26. The van der Waals surface area contributed by atoms with Gasteiger partial charge in [-0.1, -0.05) is 29.5 Å². The third kappa shape index (κ3) is 2.81. The first-order valence-electron chi connectivity index (χ1n) is 8.63. The van der Waals surface area contributed by atoms with E-state index in [1.54, 1.807) is 22.7 Å². The largest absolute Gasteiger partial charge is 0.488 e. The van der Waals surface area contributed by atoms with E-state index in [-0.39, 0.29) is 5.60 Å². The zero-order valence-corrected chi connectivity index (χ0v) is 16.2. The predicted octanol–water partition coefficient (Wildman–Crippen LogP) is 4.61. The molecule has 0 fully saturated rings. The molecule has 5 rings (SSSR count). The number of fused-ring (bicyclic) bond motifs is 2. The second kappa shape index (κ2) is 5.89. The third-order valence-electron chi connectivity index (χ3n) is 4.64. The van der Waals surface area contributed by atoms with Gasteiger partial charge in [-0.05, 0) is 55.3 Å². The van der Waals surface area contributed by atoms with Crippen LogP contribution in [0.15, 0.2) is 35.7 Å². The van der Waals surface area contributed by atoms with Gasteiger partial charge in [0.05, 0.1) is 4.88 Å². The molecule has 0 N–H and O–H groups in total.